The van der Waals surface area contributed by atoms with E-state index in [2.05, 4.69) is 16.9 Å². The molecule has 0 spiro atoms. The molecule has 1 rings (SSSR count). The van der Waals surface area contributed by atoms with Crippen LogP contribution in [0, 0.1) is 0 Å². The summed E-state index contributed by atoms with van der Waals surface area (Å²) < 4.78 is 25.5. The highest BCUT2D eigenvalue weighted by atomic mass is 32.2. The molecule has 0 aliphatic heterocycles. The number of nitrogens with two attached hydrogens (primary N) is 1. The number of nitrogens with one attached hydrogen (secondary N) is 1. The molecule has 0 aliphatic carbocycles. The molecule has 0 amide bonds. The number of hydrogen-bond donors (Lipinski definition) is 2. The number of sulfonamides is 1. The Kier molecular flexibility index (Phi) is 5.04. The maximum atomic E-state index is 11.5. The highest BCUT2D eigenvalue weighted by molar-refractivity contribution is 7.92. The largest absolute Gasteiger partial charge is 0.392 e. The average molecular weight is 272 g/mol. The summed E-state index contributed by atoms with van der Waals surface area (Å²) in [5.74, 6) is -0.193. The van der Waals surface area contributed by atoms with Gasteiger partial charge in [0, 0.05) is 6.54 Å². The minimum absolute atomic E-state index is 0.0233. The third-order valence-electron chi connectivity index (χ3n) is 2.31. The van der Waals surface area contributed by atoms with Gasteiger partial charge in [-0.25, -0.2) is 13.1 Å². The van der Waals surface area contributed by atoms with Crippen molar-refractivity contribution in [3.05, 3.63) is 35.9 Å². The van der Waals surface area contributed by atoms with E-state index in [1.54, 1.807) is 0 Å². The van der Waals surface area contributed by atoms with E-state index in [4.69, 9.17) is 5.73 Å². The molecule has 3 N–H and O–H groups in total. The Labute approximate surface area is 107 Å². The van der Waals surface area contributed by atoms with E-state index in [0.717, 1.165) is 5.56 Å². The van der Waals surface area contributed by atoms with E-state index in [1.165, 1.54) is 0 Å². The van der Waals surface area contributed by atoms with Crippen molar-refractivity contribution in [2.45, 2.75) is 12.8 Å². The van der Waals surface area contributed by atoms with Crippen LogP contribution in [-0.2, 0) is 10.0 Å². The second-order valence-electron chi connectivity index (χ2n) is 3.89. The molecule has 94 valence electrons. The van der Waals surface area contributed by atoms with Gasteiger partial charge in [0.25, 0.3) is 0 Å². The lowest BCUT2D eigenvalue weighted by molar-refractivity contribution is 0.579. The predicted octanol–water partition coefficient (Wildman–Crippen LogP) is 0.996. The Hall–Kier alpha value is -0.980. The van der Waals surface area contributed by atoms with Crippen LogP contribution in [0.15, 0.2) is 30.3 Å². The van der Waals surface area contributed by atoms with E-state index in [1.807, 2.05) is 37.3 Å². The molecule has 1 atom stereocenters. The number of rotatable bonds is 6. The normalized spacial score (nSPS) is 13.2. The fourth-order valence-electron chi connectivity index (χ4n) is 1.39. The third-order valence-corrected chi connectivity index (χ3v) is 3.93. The molecule has 0 saturated carbocycles. The van der Waals surface area contributed by atoms with Crippen LogP contribution in [0.2, 0.25) is 0 Å². The van der Waals surface area contributed by atoms with Crippen molar-refractivity contribution in [1.82, 2.24) is 4.72 Å². The Balaban J connectivity index is 2.54. The van der Waals surface area contributed by atoms with Crippen molar-refractivity contribution in [2.24, 2.45) is 5.73 Å². The van der Waals surface area contributed by atoms with Gasteiger partial charge in [-0.2, -0.15) is 0 Å². The molecule has 17 heavy (non-hydrogen) atoms. The molecule has 0 radical (unpaired) electrons. The molecule has 1 aromatic carbocycles. The monoisotopic (exact) mass is 272 g/mol. The van der Waals surface area contributed by atoms with Gasteiger partial charge in [0.15, 0.2) is 0 Å². The Morgan fingerprint density at radius 2 is 2.00 bits per heavy atom. The van der Waals surface area contributed by atoms with Crippen LogP contribution in [0.1, 0.15) is 18.4 Å². The van der Waals surface area contributed by atoms with Crippen molar-refractivity contribution in [1.29, 1.82) is 0 Å². The first-order valence-corrected chi connectivity index (χ1v) is 7.27. The summed E-state index contributed by atoms with van der Waals surface area (Å²) >= 11 is 4.58. The van der Waals surface area contributed by atoms with Crippen LogP contribution in [0.3, 0.4) is 0 Å². The zero-order valence-corrected chi connectivity index (χ0v) is 11.2. The Morgan fingerprint density at radius 1 is 1.41 bits per heavy atom. The highest BCUT2D eigenvalue weighted by Crippen LogP contribution is 2.13. The average Bonchev–Trinajstić information content (AvgIpc) is 2.25. The lowest BCUT2D eigenvalue weighted by Gasteiger charge is -2.13. The fraction of sp³-hybridized carbons (Fsp3) is 0.364. The molecule has 4 nitrogen and oxygen atoms in total. The summed E-state index contributed by atoms with van der Waals surface area (Å²) in [5, 5.41) is 0. The zero-order valence-electron chi connectivity index (χ0n) is 9.59. The third kappa shape index (κ3) is 5.25. The predicted molar refractivity (Wildman–Crippen MR) is 73.4 cm³/mol. The van der Waals surface area contributed by atoms with Gasteiger partial charge in [0.2, 0.25) is 10.0 Å². The van der Waals surface area contributed by atoms with E-state index in [9.17, 15) is 8.42 Å². The van der Waals surface area contributed by atoms with Gasteiger partial charge in [0.05, 0.1) is 4.99 Å². The first kappa shape index (κ1) is 14.1. The van der Waals surface area contributed by atoms with Crippen LogP contribution in [0.4, 0.5) is 0 Å². The van der Waals surface area contributed by atoms with Gasteiger partial charge < -0.3 is 5.73 Å². The van der Waals surface area contributed by atoms with Gasteiger partial charge in [-0.1, -0.05) is 49.5 Å². The summed E-state index contributed by atoms with van der Waals surface area (Å²) in [5.41, 5.74) is 6.30. The number of thiocarbonyl (C=S) groups is 1. The molecule has 1 aromatic rings. The molecule has 0 aliphatic rings. The van der Waals surface area contributed by atoms with E-state index >= 15 is 0 Å². The standard InChI is InChI=1S/C11H16N2O2S2/c1-9(10-5-3-2-4-6-10)7-13-17(14,15)8-11(12)16/h2-6,9,13H,7-8H2,1H3,(H2,12,16). The fourth-order valence-corrected chi connectivity index (χ4v) is 2.84. The molecule has 0 saturated heterocycles. The molecule has 1 unspecified atom stereocenters. The molecule has 6 heteroatoms. The van der Waals surface area contributed by atoms with Crippen molar-refractivity contribution in [2.75, 3.05) is 12.3 Å². The van der Waals surface area contributed by atoms with Crippen molar-refractivity contribution < 1.29 is 8.42 Å². The molecule has 0 aromatic heterocycles. The maximum Gasteiger partial charge on any atom is 0.218 e. The van der Waals surface area contributed by atoms with E-state index in [-0.39, 0.29) is 16.7 Å². The molecule has 0 bridgehead atoms. The van der Waals surface area contributed by atoms with Crippen molar-refractivity contribution in [3.8, 4) is 0 Å². The number of benzene rings is 1. The van der Waals surface area contributed by atoms with E-state index < -0.39 is 10.0 Å². The van der Waals surface area contributed by atoms with E-state index in [0.29, 0.717) is 6.54 Å². The van der Waals surface area contributed by atoms with Crippen molar-refractivity contribution >= 4 is 27.2 Å². The lowest BCUT2D eigenvalue weighted by atomic mass is 10.0. The Bertz CT molecular complexity index is 472. The first-order valence-electron chi connectivity index (χ1n) is 5.21. The molecular formula is C11H16N2O2S2. The maximum absolute atomic E-state index is 11.5. The summed E-state index contributed by atoms with van der Waals surface area (Å²) in [4.78, 5) is -0.0233. The van der Waals surface area contributed by atoms with Crippen LogP contribution in [0.5, 0.6) is 0 Å². The van der Waals surface area contributed by atoms with Gasteiger partial charge in [-0.05, 0) is 11.5 Å². The highest BCUT2D eigenvalue weighted by Gasteiger charge is 2.13. The van der Waals surface area contributed by atoms with Crippen molar-refractivity contribution in [3.63, 3.8) is 0 Å². The summed E-state index contributed by atoms with van der Waals surface area (Å²) in [6.45, 7) is 2.30. The van der Waals surface area contributed by atoms with Crippen LogP contribution in [-0.4, -0.2) is 25.7 Å². The SMILES string of the molecule is CC(CNS(=O)(=O)CC(N)=S)c1ccccc1. The van der Waals surface area contributed by atoms with Gasteiger partial charge >= 0.3 is 0 Å². The van der Waals surface area contributed by atoms with Crippen LogP contribution < -0.4 is 10.5 Å². The summed E-state index contributed by atoms with van der Waals surface area (Å²) in [6.07, 6.45) is 0. The second-order valence-corrected chi connectivity index (χ2v) is 6.22. The first-order chi connectivity index (χ1) is 7.91. The topological polar surface area (TPSA) is 72.2 Å². The smallest absolute Gasteiger partial charge is 0.218 e. The minimum atomic E-state index is -3.40. The van der Waals surface area contributed by atoms with Gasteiger partial charge in [-0.3, -0.25) is 0 Å². The lowest BCUT2D eigenvalue weighted by Crippen LogP contribution is -2.34. The Morgan fingerprint density at radius 3 is 2.53 bits per heavy atom. The van der Waals surface area contributed by atoms with Crippen LogP contribution in [0.25, 0.3) is 0 Å². The van der Waals surface area contributed by atoms with Gasteiger partial charge in [0.1, 0.15) is 5.75 Å². The summed E-state index contributed by atoms with van der Waals surface area (Å²) in [7, 11) is -3.40. The minimum Gasteiger partial charge on any atom is -0.392 e. The van der Waals surface area contributed by atoms with Crippen LogP contribution >= 0.6 is 12.2 Å². The zero-order chi connectivity index (χ0) is 12.9. The summed E-state index contributed by atoms with van der Waals surface area (Å²) in [6, 6.07) is 9.71. The van der Waals surface area contributed by atoms with Gasteiger partial charge in [-0.15, -0.1) is 0 Å². The molecule has 0 fully saturated rings. The molecule has 0 heterocycles. The number of hydrogen-bond acceptors (Lipinski definition) is 3. The quantitative estimate of drug-likeness (QED) is 0.758. The molecular weight excluding hydrogens is 256 g/mol. The second kappa shape index (κ2) is 6.09.